The standard InChI is InChI=1S/C17H19IS/c1-4-18-12(2)13-9-7-10-15-14-8-5-6-11-16(14)19(18,3)17(13)15/h5-12H,4H2,1-3H3. The van der Waals surface area contributed by atoms with Crippen LogP contribution in [0.3, 0.4) is 0 Å². The molecule has 0 saturated carbocycles. The number of alkyl halides is 2. The first-order chi connectivity index (χ1) is 9.19. The molecule has 2 heterocycles. The zero-order valence-electron chi connectivity index (χ0n) is 11.6. The van der Waals surface area contributed by atoms with E-state index in [0.717, 1.165) is 3.92 Å². The molecule has 2 heteroatoms. The SMILES string of the molecule is CCI1C(C)c2cccc3c2S1(C)c1ccccc1-3. The zero-order chi connectivity index (χ0) is 13.2. The predicted octanol–water partition coefficient (Wildman–Crippen LogP) is 6.04. The Morgan fingerprint density at radius 1 is 1.05 bits per heavy atom. The number of benzene rings is 2. The van der Waals surface area contributed by atoms with E-state index >= 15 is 0 Å². The molecule has 2 aliphatic heterocycles. The van der Waals surface area contributed by atoms with Crippen molar-refractivity contribution in [1.82, 2.24) is 0 Å². The number of hydrogen-bond acceptors (Lipinski definition) is 0. The second-order valence-electron chi connectivity index (χ2n) is 5.27. The van der Waals surface area contributed by atoms with Crippen molar-refractivity contribution < 1.29 is 0 Å². The van der Waals surface area contributed by atoms with Crippen molar-refractivity contribution in [1.29, 1.82) is 0 Å². The molecule has 4 rings (SSSR count). The predicted molar refractivity (Wildman–Crippen MR) is 94.9 cm³/mol. The topological polar surface area (TPSA) is 0 Å². The van der Waals surface area contributed by atoms with Gasteiger partial charge in [0.1, 0.15) is 0 Å². The van der Waals surface area contributed by atoms with Gasteiger partial charge in [-0.2, -0.15) is 0 Å². The average Bonchev–Trinajstić information content (AvgIpc) is 2.83. The molecule has 2 unspecified atom stereocenters. The Bertz CT molecular complexity index is 679. The molecule has 2 aromatic carbocycles. The number of halogens is 1. The normalized spacial score (nSPS) is 31.7. The van der Waals surface area contributed by atoms with Crippen LogP contribution in [0.5, 0.6) is 0 Å². The number of fused-ring (bicyclic) bond motifs is 3. The van der Waals surface area contributed by atoms with Crippen LogP contribution in [0.2, 0.25) is 0 Å². The molecule has 0 amide bonds. The van der Waals surface area contributed by atoms with Gasteiger partial charge in [0, 0.05) is 0 Å². The van der Waals surface area contributed by atoms with Crippen molar-refractivity contribution in [3.05, 3.63) is 48.0 Å². The molecule has 0 aromatic heterocycles. The van der Waals surface area contributed by atoms with Gasteiger partial charge in [0.05, 0.1) is 0 Å². The van der Waals surface area contributed by atoms with Crippen molar-refractivity contribution in [2.45, 2.75) is 27.6 Å². The monoisotopic (exact) mass is 382 g/mol. The summed E-state index contributed by atoms with van der Waals surface area (Å²) in [4.78, 5) is 3.48. The van der Waals surface area contributed by atoms with Crippen molar-refractivity contribution in [2.75, 3.05) is 10.7 Å². The fraction of sp³-hybridized carbons (Fsp3) is 0.294. The Kier molecular flexibility index (Phi) is 2.59. The van der Waals surface area contributed by atoms with Gasteiger partial charge in [0.15, 0.2) is 0 Å². The van der Waals surface area contributed by atoms with E-state index in [4.69, 9.17) is 0 Å². The van der Waals surface area contributed by atoms with Crippen molar-refractivity contribution in [3.8, 4) is 11.1 Å². The molecule has 0 saturated heterocycles. The fourth-order valence-electron chi connectivity index (χ4n) is 3.70. The van der Waals surface area contributed by atoms with Gasteiger partial charge in [-0.1, -0.05) is 0 Å². The van der Waals surface area contributed by atoms with E-state index in [1.807, 2.05) is 0 Å². The van der Waals surface area contributed by atoms with Gasteiger partial charge in [-0.05, 0) is 0 Å². The van der Waals surface area contributed by atoms with E-state index in [0.29, 0.717) is 0 Å². The maximum atomic E-state index is 2.62. The van der Waals surface area contributed by atoms with Crippen molar-refractivity contribution >= 4 is 25.6 Å². The van der Waals surface area contributed by atoms with Gasteiger partial charge >= 0.3 is 123 Å². The minimum absolute atomic E-state index is 0.651. The molecule has 100 valence electrons. The zero-order valence-corrected chi connectivity index (χ0v) is 14.6. The summed E-state index contributed by atoms with van der Waals surface area (Å²) >= 11 is -0.976. The molecular formula is C17H19IS. The summed E-state index contributed by atoms with van der Waals surface area (Å²) in [6, 6.07) is 16.3. The Hall–Kier alpha value is -0.480. The van der Waals surface area contributed by atoms with E-state index < -0.39 is 25.6 Å². The molecule has 0 spiro atoms. The summed E-state index contributed by atoms with van der Waals surface area (Å²) in [5.41, 5.74) is 4.79. The Labute approximate surface area is 122 Å². The molecule has 0 bridgehead atoms. The van der Waals surface area contributed by atoms with Crippen molar-refractivity contribution in [3.63, 3.8) is 0 Å². The molecule has 0 aliphatic carbocycles. The quantitative estimate of drug-likeness (QED) is 0.417. The average molecular weight is 382 g/mol. The molecule has 0 N–H and O–H groups in total. The summed E-state index contributed by atoms with van der Waals surface area (Å²) in [5, 5.41) is 0. The molecule has 0 nitrogen and oxygen atoms in total. The Morgan fingerprint density at radius 3 is 2.58 bits per heavy atom. The van der Waals surface area contributed by atoms with Crippen LogP contribution < -0.4 is 0 Å². The second kappa shape index (κ2) is 4.01. The van der Waals surface area contributed by atoms with Gasteiger partial charge in [0.25, 0.3) is 0 Å². The van der Waals surface area contributed by atoms with E-state index in [9.17, 15) is 0 Å². The molecular weight excluding hydrogens is 363 g/mol. The molecule has 2 aromatic rings. The fourth-order valence-corrected chi connectivity index (χ4v) is 25.4. The number of rotatable bonds is 1. The summed E-state index contributed by atoms with van der Waals surface area (Å²) in [5.74, 6) is 0. The van der Waals surface area contributed by atoms with E-state index in [1.54, 1.807) is 26.5 Å². The maximum absolute atomic E-state index is 2.62. The Morgan fingerprint density at radius 2 is 1.79 bits per heavy atom. The van der Waals surface area contributed by atoms with Crippen LogP contribution in [-0.4, -0.2) is 10.7 Å². The van der Waals surface area contributed by atoms with Gasteiger partial charge in [0.2, 0.25) is 0 Å². The van der Waals surface area contributed by atoms with Crippen LogP contribution in [-0.2, 0) is 0 Å². The van der Waals surface area contributed by atoms with Crippen LogP contribution in [0.4, 0.5) is 0 Å². The third-order valence-electron chi connectivity index (χ3n) is 4.47. The van der Waals surface area contributed by atoms with Crippen LogP contribution >= 0.6 is 25.6 Å². The second-order valence-corrected chi connectivity index (χ2v) is 21.1. The van der Waals surface area contributed by atoms with Crippen LogP contribution in [0, 0.1) is 0 Å². The van der Waals surface area contributed by atoms with Gasteiger partial charge in [-0.25, -0.2) is 0 Å². The third kappa shape index (κ3) is 1.32. The van der Waals surface area contributed by atoms with Gasteiger partial charge < -0.3 is 0 Å². The first kappa shape index (κ1) is 12.3. The summed E-state index contributed by atoms with van der Waals surface area (Å²) in [7, 11) is -0.651. The minimum atomic E-state index is -0.976. The van der Waals surface area contributed by atoms with Crippen LogP contribution in [0.1, 0.15) is 23.3 Å². The molecule has 0 radical (unpaired) electrons. The third-order valence-corrected chi connectivity index (χ3v) is 24.7. The molecule has 2 atom stereocenters. The van der Waals surface area contributed by atoms with Gasteiger partial charge in [-0.3, -0.25) is 0 Å². The first-order valence-electron chi connectivity index (χ1n) is 6.85. The molecule has 2 aliphatic rings. The summed E-state index contributed by atoms with van der Waals surface area (Å²) in [6.07, 6.45) is 2.62. The molecule has 0 fully saturated rings. The van der Waals surface area contributed by atoms with E-state index in [1.165, 1.54) is 4.43 Å². The van der Waals surface area contributed by atoms with Crippen LogP contribution in [0.25, 0.3) is 11.1 Å². The van der Waals surface area contributed by atoms with E-state index in [-0.39, 0.29) is 0 Å². The van der Waals surface area contributed by atoms with Gasteiger partial charge in [-0.15, -0.1) is 0 Å². The first-order valence-corrected chi connectivity index (χ1v) is 14.2. The number of hydrogen-bond donors (Lipinski definition) is 0. The summed E-state index contributed by atoms with van der Waals surface area (Å²) in [6.45, 7) is 4.94. The molecule has 19 heavy (non-hydrogen) atoms. The summed E-state index contributed by atoms with van der Waals surface area (Å²) < 4.78 is 2.32. The van der Waals surface area contributed by atoms with Crippen LogP contribution in [0.15, 0.2) is 52.3 Å². The van der Waals surface area contributed by atoms with Crippen molar-refractivity contribution in [2.24, 2.45) is 0 Å². The Balaban J connectivity index is 2.14. The van der Waals surface area contributed by atoms with E-state index in [2.05, 4.69) is 62.6 Å².